The second kappa shape index (κ2) is 14.9. The zero-order chi connectivity index (χ0) is 38.0. The van der Waals surface area contributed by atoms with Gasteiger partial charge in [-0.25, -0.2) is 19.4 Å². The highest BCUT2D eigenvalue weighted by atomic mass is 35.5. The molecule has 0 spiro atoms. The van der Waals surface area contributed by atoms with Gasteiger partial charge in [-0.3, -0.25) is 19.1 Å². The average Bonchev–Trinajstić information content (AvgIpc) is 3.58. The highest BCUT2D eigenvalue weighted by Gasteiger charge is 2.38. The lowest BCUT2D eigenvalue weighted by atomic mass is 9.96. The molecule has 272 valence electrons. The lowest BCUT2D eigenvalue weighted by Gasteiger charge is -2.22. The number of halogens is 8. The minimum atomic E-state index is -5.08. The molecule has 1 amide bonds. The predicted octanol–water partition coefficient (Wildman–Crippen LogP) is 6.74. The first kappa shape index (κ1) is 37.5. The van der Waals surface area contributed by atoms with Crippen LogP contribution >= 0.6 is 11.6 Å². The summed E-state index contributed by atoms with van der Waals surface area (Å²) in [7, 11) is 0. The molecule has 0 saturated carbocycles. The highest BCUT2D eigenvalue weighted by Crippen LogP contribution is 2.34. The van der Waals surface area contributed by atoms with Gasteiger partial charge in [0.25, 0.3) is 5.56 Å². The van der Waals surface area contributed by atoms with Gasteiger partial charge in [0.15, 0.2) is 5.69 Å². The Bertz CT molecular complexity index is 2190. The smallest absolute Gasteiger partial charge is 0.475 e. The molecule has 5 heterocycles. The summed E-state index contributed by atoms with van der Waals surface area (Å²) in [5, 5.41) is 17.0. The fraction of sp³-hybridized carbons (Fsp3) is 0.250. The fourth-order valence-electron chi connectivity index (χ4n) is 5.22. The third kappa shape index (κ3) is 8.59. The Morgan fingerprint density at radius 2 is 1.71 bits per heavy atom. The van der Waals surface area contributed by atoms with Crippen molar-refractivity contribution in [1.29, 1.82) is 0 Å². The van der Waals surface area contributed by atoms with Crippen LogP contribution < -0.4 is 10.9 Å². The van der Waals surface area contributed by atoms with Gasteiger partial charge < -0.3 is 10.4 Å². The van der Waals surface area contributed by atoms with Crippen LogP contribution in [0.5, 0.6) is 0 Å². The van der Waals surface area contributed by atoms with E-state index in [2.05, 4.69) is 30.6 Å². The first-order valence-electron chi connectivity index (χ1n) is 15.0. The zero-order valence-corrected chi connectivity index (χ0v) is 27.2. The van der Waals surface area contributed by atoms with Gasteiger partial charge in [-0.15, -0.1) is 5.10 Å². The number of carboxylic acid groups (broad SMARTS) is 1. The van der Waals surface area contributed by atoms with Crippen molar-refractivity contribution in [1.82, 2.24) is 34.5 Å². The van der Waals surface area contributed by atoms with Crippen LogP contribution in [0.25, 0.3) is 28.1 Å². The quantitative estimate of drug-likeness (QED) is 0.150. The first-order valence-corrected chi connectivity index (χ1v) is 15.4. The second-order valence-corrected chi connectivity index (χ2v) is 11.8. The summed E-state index contributed by atoms with van der Waals surface area (Å²) < 4.78 is 87.9. The van der Waals surface area contributed by atoms with E-state index in [1.807, 2.05) is 0 Å². The minimum absolute atomic E-state index is 0.148. The number of hydrogen-bond acceptors (Lipinski definition) is 8. The summed E-state index contributed by atoms with van der Waals surface area (Å²) in [5.41, 5.74) is 0.759. The average molecular weight is 753 g/mol. The zero-order valence-electron chi connectivity index (χ0n) is 26.5. The van der Waals surface area contributed by atoms with Crippen LogP contribution in [0.2, 0.25) is 5.02 Å². The van der Waals surface area contributed by atoms with Gasteiger partial charge >= 0.3 is 18.3 Å². The molecule has 52 heavy (non-hydrogen) atoms. The number of nitrogens with one attached hydrogen (secondary N) is 1. The summed E-state index contributed by atoms with van der Waals surface area (Å²) in [6, 6.07) is 9.65. The number of fused-ring (bicyclic) bond motifs is 4. The summed E-state index contributed by atoms with van der Waals surface area (Å²) >= 11 is 6.22. The maximum atomic E-state index is 14.2. The molecule has 2 bridgehead atoms. The molecule has 0 fully saturated rings. The van der Waals surface area contributed by atoms with Crippen LogP contribution in [0.15, 0.2) is 72.2 Å². The van der Waals surface area contributed by atoms with Crippen LogP contribution in [0.4, 0.5) is 36.4 Å². The Morgan fingerprint density at radius 1 is 0.981 bits per heavy atom. The van der Waals surface area contributed by atoms with E-state index < -0.39 is 41.6 Å². The molecule has 2 N–H and O–H groups in total. The molecule has 5 aromatic rings. The maximum Gasteiger partial charge on any atom is 0.490 e. The monoisotopic (exact) mass is 752 g/mol. The van der Waals surface area contributed by atoms with Crippen molar-refractivity contribution >= 4 is 29.2 Å². The van der Waals surface area contributed by atoms with Gasteiger partial charge in [0.05, 0.1) is 47.5 Å². The van der Waals surface area contributed by atoms with Crippen molar-refractivity contribution in [2.24, 2.45) is 5.92 Å². The number of anilines is 1. The third-order valence-corrected chi connectivity index (χ3v) is 8.04. The Morgan fingerprint density at radius 3 is 2.37 bits per heavy atom. The lowest BCUT2D eigenvalue weighted by Crippen LogP contribution is -2.27. The number of aliphatic carboxylic acids is 1. The van der Waals surface area contributed by atoms with Crippen molar-refractivity contribution < 1.29 is 45.4 Å². The van der Waals surface area contributed by atoms with Crippen molar-refractivity contribution in [2.45, 2.75) is 44.6 Å². The fourth-order valence-corrected chi connectivity index (χ4v) is 5.39. The Balaban J connectivity index is 0.000000679. The van der Waals surface area contributed by atoms with Gasteiger partial charge in [-0.05, 0) is 48.7 Å². The Labute approximate surface area is 292 Å². The lowest BCUT2D eigenvalue weighted by molar-refractivity contribution is -0.192. The van der Waals surface area contributed by atoms with Crippen molar-refractivity contribution in [3.8, 4) is 28.1 Å². The molecule has 2 atom stereocenters. The van der Waals surface area contributed by atoms with Crippen molar-refractivity contribution in [3.05, 3.63) is 100 Å². The largest absolute Gasteiger partial charge is 0.490 e. The number of benzene rings is 1. The highest BCUT2D eigenvalue weighted by molar-refractivity contribution is 6.31. The number of carboxylic acids is 1. The maximum absolute atomic E-state index is 14.2. The molecule has 0 aliphatic carbocycles. The number of pyridine rings is 2. The molecule has 6 rings (SSSR count). The molecule has 20 heteroatoms. The van der Waals surface area contributed by atoms with E-state index in [1.165, 1.54) is 53.6 Å². The van der Waals surface area contributed by atoms with Crippen LogP contribution in [0.3, 0.4) is 0 Å². The summed E-state index contributed by atoms with van der Waals surface area (Å²) in [6.07, 6.45) is -3.43. The van der Waals surface area contributed by atoms with E-state index in [1.54, 1.807) is 19.1 Å². The number of carbonyl (C=O) groups is 2. The number of aromatic nitrogens is 7. The molecule has 1 aliphatic heterocycles. The molecular weight excluding hydrogens is 729 g/mol. The Kier molecular flexibility index (Phi) is 10.7. The van der Waals surface area contributed by atoms with Crippen LogP contribution in [0, 0.1) is 11.9 Å². The standard InChI is InChI=1S/C30H23ClF4N8O2.C2HF3O2/c1-16-3-2-4-25(22-9-17(7-8-36-22)19-11-27(32)37-13-23(19)39-29(16)45)42-15-38-21(12-28(42)44)20-10-18(31)5-6-24(20)43-14-26(40-41-43)30(33,34)35;3-2(4,5)1(6)7/h5-16,25H,2-4H2,1H3,(H,39,45);(H,6,7)/t16-,25+;/m1./s1. The van der Waals surface area contributed by atoms with Crippen LogP contribution in [-0.4, -0.2) is 57.7 Å². The topological polar surface area (TPSA) is 158 Å². The van der Waals surface area contributed by atoms with Crippen LogP contribution in [0.1, 0.15) is 43.6 Å². The van der Waals surface area contributed by atoms with Gasteiger partial charge in [0, 0.05) is 40.4 Å². The molecule has 12 nitrogen and oxygen atoms in total. The van der Waals surface area contributed by atoms with E-state index in [0.717, 1.165) is 10.9 Å². The molecule has 1 aliphatic rings. The molecule has 0 saturated heterocycles. The van der Waals surface area contributed by atoms with Crippen LogP contribution in [-0.2, 0) is 15.8 Å². The normalized spacial score (nSPS) is 16.4. The number of nitrogens with zero attached hydrogens (tertiary/aromatic N) is 7. The minimum Gasteiger partial charge on any atom is -0.475 e. The van der Waals surface area contributed by atoms with Gasteiger partial charge in [0.1, 0.15) is 0 Å². The summed E-state index contributed by atoms with van der Waals surface area (Å²) in [5.74, 6) is -4.11. The predicted molar refractivity (Wildman–Crippen MR) is 170 cm³/mol. The first-order chi connectivity index (χ1) is 24.4. The van der Waals surface area contributed by atoms with Crippen molar-refractivity contribution in [2.75, 3.05) is 5.32 Å². The van der Waals surface area contributed by atoms with E-state index in [9.17, 15) is 40.3 Å². The number of hydrogen-bond donors (Lipinski definition) is 2. The van der Waals surface area contributed by atoms with Gasteiger partial charge in [-0.2, -0.15) is 30.7 Å². The van der Waals surface area contributed by atoms with E-state index in [4.69, 9.17) is 21.5 Å². The molecule has 1 aromatic carbocycles. The van der Waals surface area contributed by atoms with Crippen molar-refractivity contribution in [3.63, 3.8) is 0 Å². The second-order valence-electron chi connectivity index (χ2n) is 11.4. The molecular formula is C32H24ClF7N8O4. The van der Waals surface area contributed by atoms with E-state index in [0.29, 0.717) is 41.8 Å². The van der Waals surface area contributed by atoms with E-state index >= 15 is 0 Å². The number of amides is 1. The van der Waals surface area contributed by atoms with E-state index in [-0.39, 0.29) is 33.8 Å². The SMILES string of the molecule is C[C@@H]1CCC[C@H](n2cnc(-c3cc(Cl)ccc3-n3cc(C(F)(F)F)nn3)cc2=O)c2cc(ccn2)-c2cc(F)ncc2NC1=O.O=C(O)C(F)(F)F. The molecule has 4 aromatic heterocycles. The molecule has 0 radical (unpaired) electrons. The van der Waals surface area contributed by atoms with Gasteiger partial charge in [0.2, 0.25) is 11.9 Å². The number of carbonyl (C=O) groups excluding carboxylic acids is 1. The summed E-state index contributed by atoms with van der Waals surface area (Å²) in [4.78, 5) is 48.2. The number of rotatable bonds is 3. The number of alkyl halides is 6. The molecule has 0 unspecified atom stereocenters. The summed E-state index contributed by atoms with van der Waals surface area (Å²) in [6.45, 7) is 1.78. The third-order valence-electron chi connectivity index (χ3n) is 7.80. The van der Waals surface area contributed by atoms with Gasteiger partial charge in [-0.1, -0.05) is 30.2 Å². The Hall–Kier alpha value is -5.72.